The van der Waals surface area contributed by atoms with Gasteiger partial charge in [-0.2, -0.15) is 0 Å². The minimum Gasteiger partial charge on any atom is -0.438 e. The molecule has 0 bridgehead atoms. The Balaban J connectivity index is 1.93. The number of benzene rings is 3. The average molecular weight is 413 g/mol. The van der Waals surface area contributed by atoms with Gasteiger partial charge in [0.2, 0.25) is 5.55 Å². The summed E-state index contributed by atoms with van der Waals surface area (Å²) in [6.07, 6.45) is 0. The molecule has 0 spiro atoms. The van der Waals surface area contributed by atoms with Gasteiger partial charge < -0.3 is 9.32 Å². The highest BCUT2D eigenvalue weighted by Crippen LogP contribution is 2.27. The molecule has 6 nitrogen and oxygen atoms in total. The van der Waals surface area contributed by atoms with Crippen LogP contribution >= 0.6 is 0 Å². The van der Waals surface area contributed by atoms with Gasteiger partial charge in [0.25, 0.3) is 5.69 Å². The maximum Gasteiger partial charge on any atom is 0.269 e. The van der Waals surface area contributed by atoms with E-state index in [1.165, 1.54) is 12.1 Å². The van der Waals surface area contributed by atoms with Crippen LogP contribution in [0.1, 0.15) is 13.8 Å². The second kappa shape index (κ2) is 8.83. The summed E-state index contributed by atoms with van der Waals surface area (Å²) in [6.45, 7) is 6.06. The lowest BCUT2D eigenvalue weighted by molar-refractivity contribution is -0.384. The van der Waals surface area contributed by atoms with Gasteiger partial charge in [0.1, 0.15) is 5.58 Å². The fourth-order valence-corrected chi connectivity index (χ4v) is 3.56. The van der Waals surface area contributed by atoms with Crippen LogP contribution in [-0.2, 0) is 0 Å². The molecule has 0 unspecified atom stereocenters. The molecule has 0 atom stereocenters. The molecular weight excluding hydrogens is 390 g/mol. The molecule has 1 heterocycles. The molecule has 4 aromatic rings. The first kappa shape index (κ1) is 20.3. The molecule has 0 saturated heterocycles. The van der Waals surface area contributed by atoms with Crippen LogP contribution in [0.2, 0.25) is 0 Å². The predicted octanol–water partition coefficient (Wildman–Crippen LogP) is 6.09. The molecule has 31 heavy (non-hydrogen) atoms. The van der Waals surface area contributed by atoms with E-state index in [1.807, 2.05) is 48.5 Å². The number of hydrogen-bond donors (Lipinski definition) is 0. The maximum absolute atomic E-state index is 11.0. The Morgan fingerprint density at radius 3 is 2.29 bits per heavy atom. The number of hydrogen-bond acceptors (Lipinski definition) is 5. The van der Waals surface area contributed by atoms with Gasteiger partial charge in [-0.3, -0.25) is 10.1 Å². The number of fused-ring (bicyclic) bond motifs is 1. The van der Waals surface area contributed by atoms with Crippen molar-refractivity contribution in [2.24, 2.45) is 4.99 Å². The normalized spacial score (nSPS) is 11.6. The molecule has 1 aromatic heterocycles. The van der Waals surface area contributed by atoms with Crippen molar-refractivity contribution in [2.45, 2.75) is 13.8 Å². The van der Waals surface area contributed by atoms with Gasteiger partial charge in [-0.25, -0.2) is 4.99 Å². The second-order valence-electron chi connectivity index (χ2n) is 7.11. The highest BCUT2D eigenvalue weighted by atomic mass is 16.6. The lowest BCUT2D eigenvalue weighted by atomic mass is 10.0. The van der Waals surface area contributed by atoms with E-state index in [0.29, 0.717) is 5.55 Å². The van der Waals surface area contributed by atoms with E-state index in [4.69, 9.17) is 9.41 Å². The Bertz CT molecular complexity index is 1280. The van der Waals surface area contributed by atoms with Crippen molar-refractivity contribution in [3.63, 3.8) is 0 Å². The van der Waals surface area contributed by atoms with Crippen LogP contribution in [0, 0.1) is 10.1 Å². The van der Waals surface area contributed by atoms with Crippen molar-refractivity contribution in [3.8, 4) is 11.1 Å². The molecule has 0 aliphatic carbocycles. The summed E-state index contributed by atoms with van der Waals surface area (Å²) >= 11 is 0. The number of nitro groups is 1. The first-order valence-corrected chi connectivity index (χ1v) is 10.3. The zero-order valence-electron chi connectivity index (χ0n) is 17.5. The molecule has 0 aliphatic rings. The zero-order valence-corrected chi connectivity index (χ0v) is 17.5. The number of nitro benzene ring substituents is 1. The molecule has 0 radical (unpaired) electrons. The largest absolute Gasteiger partial charge is 0.438 e. The van der Waals surface area contributed by atoms with Crippen molar-refractivity contribution in [2.75, 3.05) is 18.0 Å². The van der Waals surface area contributed by atoms with Crippen LogP contribution in [-0.4, -0.2) is 18.0 Å². The number of para-hydroxylation sites is 1. The molecule has 0 aliphatic heterocycles. The Morgan fingerprint density at radius 1 is 0.935 bits per heavy atom. The highest BCUT2D eigenvalue weighted by Gasteiger charge is 2.11. The van der Waals surface area contributed by atoms with Crippen molar-refractivity contribution in [1.82, 2.24) is 0 Å². The summed E-state index contributed by atoms with van der Waals surface area (Å²) in [5.41, 5.74) is 4.70. The summed E-state index contributed by atoms with van der Waals surface area (Å²) in [5, 5.41) is 12.0. The molecule has 0 amide bonds. The summed E-state index contributed by atoms with van der Waals surface area (Å²) in [6, 6.07) is 24.2. The number of nitrogens with zero attached hydrogens (tertiary/aromatic N) is 3. The molecule has 3 aromatic carbocycles. The Hall–Kier alpha value is -3.93. The van der Waals surface area contributed by atoms with E-state index in [1.54, 1.807) is 12.1 Å². The average Bonchev–Trinajstić information content (AvgIpc) is 2.80. The lowest BCUT2D eigenvalue weighted by Gasteiger charge is -2.21. The third-order valence-electron chi connectivity index (χ3n) is 5.24. The van der Waals surface area contributed by atoms with Gasteiger partial charge in [0, 0.05) is 47.9 Å². The topological polar surface area (TPSA) is 71.9 Å². The first-order chi connectivity index (χ1) is 15.1. The maximum atomic E-state index is 11.0. The van der Waals surface area contributed by atoms with E-state index in [-0.39, 0.29) is 5.69 Å². The molecule has 0 fully saturated rings. The summed E-state index contributed by atoms with van der Waals surface area (Å²) < 4.78 is 6.28. The highest BCUT2D eigenvalue weighted by molar-refractivity contribution is 5.84. The van der Waals surface area contributed by atoms with Crippen molar-refractivity contribution in [3.05, 3.63) is 94.5 Å². The van der Waals surface area contributed by atoms with Crippen LogP contribution in [0.3, 0.4) is 0 Å². The molecule has 0 N–H and O–H groups in total. The number of non-ortho nitro benzene ring substituents is 1. The predicted molar refractivity (Wildman–Crippen MR) is 124 cm³/mol. The number of anilines is 1. The van der Waals surface area contributed by atoms with Gasteiger partial charge in [0.05, 0.1) is 10.6 Å². The zero-order chi connectivity index (χ0) is 21.8. The van der Waals surface area contributed by atoms with Gasteiger partial charge in [-0.1, -0.05) is 18.2 Å². The Labute approximate surface area is 180 Å². The third-order valence-corrected chi connectivity index (χ3v) is 5.24. The molecular formula is C25H23N3O3. The fourth-order valence-electron chi connectivity index (χ4n) is 3.56. The van der Waals surface area contributed by atoms with Gasteiger partial charge in [-0.15, -0.1) is 0 Å². The van der Waals surface area contributed by atoms with E-state index < -0.39 is 4.92 Å². The fraction of sp³-hybridized carbons (Fsp3) is 0.160. The monoisotopic (exact) mass is 413 g/mol. The van der Waals surface area contributed by atoms with E-state index in [9.17, 15) is 10.1 Å². The van der Waals surface area contributed by atoms with Crippen molar-refractivity contribution >= 4 is 28.0 Å². The van der Waals surface area contributed by atoms with Crippen molar-refractivity contribution in [1.29, 1.82) is 0 Å². The Kier molecular flexibility index (Phi) is 5.80. The quantitative estimate of drug-likeness (QED) is 0.283. The summed E-state index contributed by atoms with van der Waals surface area (Å²) in [7, 11) is 0. The first-order valence-electron chi connectivity index (χ1n) is 10.3. The number of rotatable bonds is 6. The molecule has 4 rings (SSSR count). The molecule has 6 heteroatoms. The minimum absolute atomic E-state index is 0.0480. The smallest absolute Gasteiger partial charge is 0.269 e. The van der Waals surface area contributed by atoms with E-state index in [0.717, 1.165) is 46.6 Å². The van der Waals surface area contributed by atoms with Gasteiger partial charge >= 0.3 is 0 Å². The second-order valence-corrected chi connectivity index (χ2v) is 7.11. The van der Waals surface area contributed by atoms with Gasteiger partial charge in [0.15, 0.2) is 0 Å². The van der Waals surface area contributed by atoms with Crippen LogP contribution in [0.15, 0.2) is 88.3 Å². The van der Waals surface area contributed by atoms with Gasteiger partial charge in [-0.05, 0) is 61.9 Å². The van der Waals surface area contributed by atoms with Crippen molar-refractivity contribution < 1.29 is 9.34 Å². The standard InChI is InChI=1S/C25H23N3O3/c1-3-27(4-2)22-15-12-19-16-23(18-10-13-21(14-11-18)28(29)30)25(31-24(19)17-22)26-20-8-6-5-7-9-20/h5-17H,3-4H2,1-2H3. The SMILES string of the molecule is CCN(CC)c1ccc2cc(-c3ccc([N+](=O)[O-])cc3)c(=Nc3ccccc3)oc2c1. The molecule has 156 valence electrons. The van der Waals surface area contributed by atoms with Crippen LogP contribution in [0.5, 0.6) is 0 Å². The van der Waals surface area contributed by atoms with Crippen LogP contribution in [0.4, 0.5) is 17.1 Å². The van der Waals surface area contributed by atoms with Crippen LogP contribution < -0.4 is 10.5 Å². The van der Waals surface area contributed by atoms with E-state index >= 15 is 0 Å². The molecule has 0 saturated carbocycles. The summed E-state index contributed by atoms with van der Waals surface area (Å²) in [5.74, 6) is 0. The van der Waals surface area contributed by atoms with Crippen LogP contribution in [0.25, 0.3) is 22.1 Å². The lowest BCUT2D eigenvalue weighted by Crippen LogP contribution is -2.21. The summed E-state index contributed by atoms with van der Waals surface area (Å²) in [4.78, 5) is 17.6. The Morgan fingerprint density at radius 2 is 1.65 bits per heavy atom. The van der Waals surface area contributed by atoms with E-state index in [2.05, 4.69) is 24.8 Å². The third kappa shape index (κ3) is 4.33. The minimum atomic E-state index is -0.404.